The first-order valence-corrected chi connectivity index (χ1v) is 6.95. The molecule has 2 aromatic rings. The second kappa shape index (κ2) is 4.63. The van der Waals surface area contributed by atoms with E-state index in [0.29, 0.717) is 6.04 Å². The van der Waals surface area contributed by atoms with E-state index in [4.69, 9.17) is 0 Å². The summed E-state index contributed by atoms with van der Waals surface area (Å²) in [5, 5.41) is 3.64. The fraction of sp³-hybridized carbons (Fsp3) is 0.533. The Morgan fingerprint density at radius 1 is 1.33 bits per heavy atom. The number of imidazole rings is 1. The molecule has 1 aromatic heterocycles. The first-order valence-electron chi connectivity index (χ1n) is 6.95. The number of nitrogens with zero attached hydrogens (tertiary/aromatic N) is 1. The van der Waals surface area contributed by atoms with Gasteiger partial charge in [0.15, 0.2) is 0 Å². The Labute approximate surface area is 108 Å². The van der Waals surface area contributed by atoms with Gasteiger partial charge in [-0.2, -0.15) is 0 Å². The number of hydrogen-bond donors (Lipinski definition) is 2. The maximum atomic E-state index is 4.43. The third-order valence-electron chi connectivity index (χ3n) is 4.10. The fourth-order valence-electron chi connectivity index (χ4n) is 3.07. The zero-order valence-corrected chi connectivity index (χ0v) is 11.2. The molecular weight excluding hydrogens is 222 g/mol. The highest BCUT2D eigenvalue weighted by atomic mass is 14.9. The topological polar surface area (TPSA) is 40.7 Å². The molecular formula is C15H21N3. The van der Waals surface area contributed by atoms with Crippen molar-refractivity contribution in [1.29, 1.82) is 0 Å². The summed E-state index contributed by atoms with van der Waals surface area (Å²) in [4.78, 5) is 7.72. The van der Waals surface area contributed by atoms with Crippen molar-refractivity contribution >= 4 is 16.7 Å². The molecule has 1 aromatic carbocycles. The molecule has 1 atom stereocenters. The lowest BCUT2D eigenvalue weighted by atomic mass is 9.99. The van der Waals surface area contributed by atoms with Crippen LogP contribution < -0.4 is 5.32 Å². The summed E-state index contributed by atoms with van der Waals surface area (Å²) in [5.74, 6) is 1.81. The molecule has 96 valence electrons. The maximum absolute atomic E-state index is 4.43. The van der Waals surface area contributed by atoms with Gasteiger partial charge >= 0.3 is 0 Å². The quantitative estimate of drug-likeness (QED) is 0.859. The van der Waals surface area contributed by atoms with Crippen molar-refractivity contribution < 1.29 is 0 Å². The van der Waals surface area contributed by atoms with Crippen LogP contribution in [0.2, 0.25) is 0 Å². The number of rotatable bonds is 3. The van der Waals surface area contributed by atoms with Crippen molar-refractivity contribution in [3.63, 3.8) is 0 Å². The number of fused-ring (bicyclic) bond motifs is 1. The van der Waals surface area contributed by atoms with Gasteiger partial charge in [0.05, 0.1) is 11.0 Å². The monoisotopic (exact) mass is 243 g/mol. The minimum Gasteiger partial charge on any atom is -0.382 e. The highest BCUT2D eigenvalue weighted by Crippen LogP contribution is 2.29. The van der Waals surface area contributed by atoms with E-state index in [9.17, 15) is 0 Å². The molecule has 0 amide bonds. The van der Waals surface area contributed by atoms with Crippen LogP contribution in [0.4, 0.5) is 5.69 Å². The number of benzene rings is 1. The average Bonchev–Trinajstić information content (AvgIpc) is 2.95. The van der Waals surface area contributed by atoms with Gasteiger partial charge in [-0.25, -0.2) is 4.98 Å². The lowest BCUT2D eigenvalue weighted by Gasteiger charge is -2.21. The Balaban J connectivity index is 1.77. The lowest BCUT2D eigenvalue weighted by molar-refractivity contribution is 0.482. The molecule has 1 saturated carbocycles. The molecule has 2 N–H and O–H groups in total. The molecule has 3 rings (SSSR count). The van der Waals surface area contributed by atoms with Crippen LogP contribution in [0.15, 0.2) is 18.2 Å². The van der Waals surface area contributed by atoms with E-state index in [0.717, 1.165) is 22.8 Å². The number of anilines is 1. The first kappa shape index (κ1) is 11.6. The summed E-state index contributed by atoms with van der Waals surface area (Å²) in [7, 11) is 0. The largest absolute Gasteiger partial charge is 0.382 e. The van der Waals surface area contributed by atoms with Gasteiger partial charge in [0.1, 0.15) is 5.82 Å². The molecule has 1 aliphatic rings. The molecule has 0 bridgehead atoms. The summed E-state index contributed by atoms with van der Waals surface area (Å²) < 4.78 is 0. The number of aryl methyl sites for hydroxylation is 1. The van der Waals surface area contributed by atoms with E-state index >= 15 is 0 Å². The summed E-state index contributed by atoms with van der Waals surface area (Å²) >= 11 is 0. The van der Waals surface area contributed by atoms with Crippen LogP contribution in [0.1, 0.15) is 38.4 Å². The molecule has 3 nitrogen and oxygen atoms in total. The number of H-pyrrole nitrogens is 1. The Kier molecular flexibility index (Phi) is 2.98. The second-order valence-electron chi connectivity index (χ2n) is 5.53. The molecule has 0 spiro atoms. The minimum absolute atomic E-state index is 0.564. The molecule has 3 heteroatoms. The number of aromatic nitrogens is 2. The van der Waals surface area contributed by atoms with E-state index in [-0.39, 0.29) is 0 Å². The molecule has 0 saturated heterocycles. The highest BCUT2D eigenvalue weighted by molar-refractivity contribution is 5.79. The predicted octanol–water partition coefficient (Wildman–Crippen LogP) is 3.86. The first-order chi connectivity index (χ1) is 8.72. The Bertz CT molecular complexity index is 538. The van der Waals surface area contributed by atoms with Crippen molar-refractivity contribution in [2.45, 2.75) is 45.6 Å². The SMILES string of the molecule is Cc1nc2ccc(NC(C)C3CCCC3)cc2[nH]1. The Morgan fingerprint density at radius 2 is 2.11 bits per heavy atom. The van der Waals surface area contributed by atoms with Crippen molar-refractivity contribution in [3.8, 4) is 0 Å². The molecule has 18 heavy (non-hydrogen) atoms. The average molecular weight is 243 g/mol. The van der Waals surface area contributed by atoms with E-state index in [1.807, 2.05) is 6.92 Å². The van der Waals surface area contributed by atoms with Crippen molar-refractivity contribution in [2.75, 3.05) is 5.32 Å². The Hall–Kier alpha value is -1.51. The van der Waals surface area contributed by atoms with Crippen molar-refractivity contribution in [3.05, 3.63) is 24.0 Å². The van der Waals surface area contributed by atoms with Gasteiger partial charge in [0, 0.05) is 11.7 Å². The number of hydrogen-bond acceptors (Lipinski definition) is 2. The van der Waals surface area contributed by atoms with Gasteiger partial charge in [0.25, 0.3) is 0 Å². The smallest absolute Gasteiger partial charge is 0.104 e. The van der Waals surface area contributed by atoms with Gasteiger partial charge in [-0.1, -0.05) is 12.8 Å². The van der Waals surface area contributed by atoms with Gasteiger partial charge in [-0.15, -0.1) is 0 Å². The van der Waals surface area contributed by atoms with Crippen LogP contribution in [0, 0.1) is 12.8 Å². The predicted molar refractivity (Wildman–Crippen MR) is 75.9 cm³/mol. The zero-order valence-electron chi connectivity index (χ0n) is 11.2. The van der Waals surface area contributed by atoms with Crippen LogP contribution in [0.5, 0.6) is 0 Å². The van der Waals surface area contributed by atoms with Gasteiger partial charge in [-0.05, 0) is 50.8 Å². The zero-order chi connectivity index (χ0) is 12.5. The molecule has 1 unspecified atom stereocenters. The van der Waals surface area contributed by atoms with Gasteiger partial charge < -0.3 is 10.3 Å². The minimum atomic E-state index is 0.564. The Morgan fingerprint density at radius 3 is 2.89 bits per heavy atom. The normalized spacial score (nSPS) is 18.3. The summed E-state index contributed by atoms with van der Waals surface area (Å²) in [6.07, 6.45) is 5.55. The van der Waals surface area contributed by atoms with Crippen molar-refractivity contribution in [2.24, 2.45) is 5.92 Å². The molecule has 1 fully saturated rings. The van der Waals surface area contributed by atoms with Crippen LogP contribution in [0.25, 0.3) is 11.0 Å². The third-order valence-corrected chi connectivity index (χ3v) is 4.10. The lowest BCUT2D eigenvalue weighted by Crippen LogP contribution is -2.23. The van der Waals surface area contributed by atoms with Gasteiger partial charge in [-0.3, -0.25) is 0 Å². The molecule has 1 aliphatic carbocycles. The standard InChI is InChI=1S/C15H21N3/c1-10(12-5-3-4-6-12)16-13-7-8-14-15(9-13)18-11(2)17-14/h7-10,12,16H,3-6H2,1-2H3,(H,17,18). The summed E-state index contributed by atoms with van der Waals surface area (Å²) in [5.41, 5.74) is 3.37. The third kappa shape index (κ3) is 2.22. The van der Waals surface area contributed by atoms with E-state index < -0.39 is 0 Å². The fourth-order valence-corrected chi connectivity index (χ4v) is 3.07. The second-order valence-corrected chi connectivity index (χ2v) is 5.53. The van der Waals surface area contributed by atoms with Crippen LogP contribution >= 0.6 is 0 Å². The van der Waals surface area contributed by atoms with Crippen LogP contribution in [-0.4, -0.2) is 16.0 Å². The maximum Gasteiger partial charge on any atom is 0.104 e. The molecule has 0 aliphatic heterocycles. The summed E-state index contributed by atoms with van der Waals surface area (Å²) in [6.45, 7) is 4.30. The van der Waals surface area contributed by atoms with Crippen LogP contribution in [0.3, 0.4) is 0 Å². The van der Waals surface area contributed by atoms with E-state index in [1.54, 1.807) is 0 Å². The van der Waals surface area contributed by atoms with Crippen molar-refractivity contribution in [1.82, 2.24) is 9.97 Å². The van der Waals surface area contributed by atoms with E-state index in [2.05, 4.69) is 40.4 Å². The molecule has 0 radical (unpaired) electrons. The number of aromatic amines is 1. The molecule has 1 heterocycles. The van der Waals surface area contributed by atoms with Crippen LogP contribution in [-0.2, 0) is 0 Å². The van der Waals surface area contributed by atoms with E-state index in [1.165, 1.54) is 31.4 Å². The highest BCUT2D eigenvalue weighted by Gasteiger charge is 2.21. The number of nitrogens with one attached hydrogen (secondary N) is 2. The summed E-state index contributed by atoms with van der Waals surface area (Å²) in [6, 6.07) is 6.95. The van der Waals surface area contributed by atoms with Gasteiger partial charge in [0.2, 0.25) is 0 Å².